The van der Waals surface area contributed by atoms with Crippen LogP contribution in [-0.4, -0.2) is 26.2 Å². The molecule has 128 valence electrons. The Balaban J connectivity index is 1.51. The minimum atomic E-state index is -0.0820. The van der Waals surface area contributed by atoms with Gasteiger partial charge in [0.15, 0.2) is 0 Å². The predicted molar refractivity (Wildman–Crippen MR) is 101 cm³/mol. The van der Waals surface area contributed by atoms with E-state index in [-0.39, 0.29) is 5.91 Å². The highest BCUT2D eigenvalue weighted by Gasteiger charge is 2.10. The molecule has 2 aromatic carbocycles. The summed E-state index contributed by atoms with van der Waals surface area (Å²) in [4.78, 5) is 14.0. The monoisotopic (exact) mass is 353 g/mol. The summed E-state index contributed by atoms with van der Waals surface area (Å²) in [5.74, 6) is 1.53. The van der Waals surface area contributed by atoms with Gasteiger partial charge in [0.05, 0.1) is 18.5 Å². The lowest BCUT2D eigenvalue weighted by atomic mass is 10.2. The van der Waals surface area contributed by atoms with Gasteiger partial charge in [-0.2, -0.15) is 0 Å². The Morgan fingerprint density at radius 3 is 2.44 bits per heavy atom. The Morgan fingerprint density at radius 2 is 1.72 bits per heavy atom. The SMILES string of the molecule is COc1ccc(-c2ccc(C(=O)NCCOc3ccccc3)s2)cc1. The van der Waals surface area contributed by atoms with E-state index in [1.165, 1.54) is 11.3 Å². The Hall–Kier alpha value is -2.79. The number of thiophene rings is 1. The smallest absolute Gasteiger partial charge is 0.261 e. The first-order chi connectivity index (χ1) is 12.3. The molecule has 1 aromatic heterocycles. The molecular weight excluding hydrogens is 334 g/mol. The van der Waals surface area contributed by atoms with E-state index in [4.69, 9.17) is 9.47 Å². The van der Waals surface area contributed by atoms with E-state index in [2.05, 4.69) is 5.32 Å². The van der Waals surface area contributed by atoms with Crippen LogP contribution in [0.25, 0.3) is 10.4 Å². The summed E-state index contributed by atoms with van der Waals surface area (Å²) < 4.78 is 10.7. The van der Waals surface area contributed by atoms with Crippen molar-refractivity contribution in [3.8, 4) is 21.9 Å². The van der Waals surface area contributed by atoms with Gasteiger partial charge in [0, 0.05) is 4.88 Å². The zero-order valence-electron chi connectivity index (χ0n) is 13.9. The molecule has 0 aliphatic heterocycles. The first-order valence-electron chi connectivity index (χ1n) is 7.96. The third-order valence-corrected chi connectivity index (χ3v) is 4.74. The van der Waals surface area contributed by atoms with Gasteiger partial charge in [0.25, 0.3) is 5.91 Å². The number of rotatable bonds is 7. The van der Waals surface area contributed by atoms with Crippen LogP contribution in [0.5, 0.6) is 11.5 Å². The number of para-hydroxylation sites is 1. The summed E-state index contributed by atoms with van der Waals surface area (Å²) in [5, 5.41) is 2.88. The highest BCUT2D eigenvalue weighted by Crippen LogP contribution is 2.29. The molecule has 1 amide bonds. The summed E-state index contributed by atoms with van der Waals surface area (Å²) in [6.07, 6.45) is 0. The fraction of sp³-hybridized carbons (Fsp3) is 0.150. The molecule has 25 heavy (non-hydrogen) atoms. The van der Waals surface area contributed by atoms with Gasteiger partial charge in [0.2, 0.25) is 0 Å². The normalized spacial score (nSPS) is 10.3. The number of carbonyl (C=O) groups excluding carboxylic acids is 1. The Labute approximate surface area is 151 Å². The van der Waals surface area contributed by atoms with Crippen molar-refractivity contribution in [1.82, 2.24) is 5.32 Å². The maximum absolute atomic E-state index is 12.2. The van der Waals surface area contributed by atoms with E-state index in [0.29, 0.717) is 18.0 Å². The van der Waals surface area contributed by atoms with Gasteiger partial charge in [-0.3, -0.25) is 4.79 Å². The van der Waals surface area contributed by atoms with Crippen molar-refractivity contribution in [2.45, 2.75) is 0 Å². The standard InChI is InChI=1S/C20H19NO3S/c1-23-16-9-7-15(8-10-16)18-11-12-19(25-18)20(22)21-13-14-24-17-5-3-2-4-6-17/h2-12H,13-14H2,1H3,(H,21,22). The maximum Gasteiger partial charge on any atom is 0.261 e. The lowest BCUT2D eigenvalue weighted by Gasteiger charge is -2.06. The van der Waals surface area contributed by atoms with E-state index in [1.807, 2.05) is 66.7 Å². The number of carbonyl (C=O) groups is 1. The molecule has 0 saturated heterocycles. The minimum absolute atomic E-state index is 0.0820. The first-order valence-corrected chi connectivity index (χ1v) is 8.78. The van der Waals surface area contributed by atoms with Gasteiger partial charge in [-0.05, 0) is 54.1 Å². The number of hydrogen-bond acceptors (Lipinski definition) is 4. The van der Waals surface area contributed by atoms with Crippen LogP contribution in [0.15, 0.2) is 66.7 Å². The van der Waals surface area contributed by atoms with Crippen LogP contribution >= 0.6 is 11.3 Å². The van der Waals surface area contributed by atoms with Gasteiger partial charge in [-0.1, -0.05) is 18.2 Å². The van der Waals surface area contributed by atoms with E-state index < -0.39 is 0 Å². The van der Waals surface area contributed by atoms with Crippen LogP contribution < -0.4 is 14.8 Å². The van der Waals surface area contributed by atoms with Crippen LogP contribution in [0.3, 0.4) is 0 Å². The molecule has 0 aliphatic rings. The average Bonchev–Trinajstić information content (AvgIpc) is 3.16. The van der Waals surface area contributed by atoms with Gasteiger partial charge < -0.3 is 14.8 Å². The van der Waals surface area contributed by atoms with E-state index >= 15 is 0 Å². The summed E-state index contributed by atoms with van der Waals surface area (Å²) in [6.45, 7) is 0.899. The van der Waals surface area contributed by atoms with Crippen molar-refractivity contribution in [3.05, 3.63) is 71.6 Å². The molecule has 1 N–H and O–H groups in total. The van der Waals surface area contributed by atoms with Crippen LogP contribution in [0.1, 0.15) is 9.67 Å². The molecule has 0 radical (unpaired) electrons. The van der Waals surface area contributed by atoms with Crippen molar-refractivity contribution in [1.29, 1.82) is 0 Å². The molecule has 5 heteroatoms. The number of benzene rings is 2. The highest BCUT2D eigenvalue weighted by molar-refractivity contribution is 7.17. The topological polar surface area (TPSA) is 47.6 Å². The van der Waals surface area contributed by atoms with Crippen LogP contribution in [-0.2, 0) is 0 Å². The number of methoxy groups -OCH3 is 1. The third-order valence-electron chi connectivity index (χ3n) is 3.60. The minimum Gasteiger partial charge on any atom is -0.497 e. The zero-order valence-corrected chi connectivity index (χ0v) is 14.7. The van der Waals surface area contributed by atoms with E-state index in [9.17, 15) is 4.79 Å². The Morgan fingerprint density at radius 1 is 0.960 bits per heavy atom. The molecule has 0 saturated carbocycles. The van der Waals surface area contributed by atoms with Crippen molar-refractivity contribution in [3.63, 3.8) is 0 Å². The molecule has 3 rings (SSSR count). The summed E-state index contributed by atoms with van der Waals surface area (Å²) in [6, 6.07) is 21.2. The second kappa shape index (κ2) is 8.35. The largest absolute Gasteiger partial charge is 0.497 e. The summed E-state index contributed by atoms with van der Waals surface area (Å²) in [7, 11) is 1.64. The lowest BCUT2D eigenvalue weighted by Crippen LogP contribution is -2.27. The Bertz CT molecular complexity index is 812. The molecule has 4 nitrogen and oxygen atoms in total. The molecule has 0 fully saturated rings. The second-order valence-electron chi connectivity index (χ2n) is 5.31. The quantitative estimate of drug-likeness (QED) is 0.647. The molecular formula is C20H19NO3S. The third kappa shape index (κ3) is 4.61. The predicted octanol–water partition coefficient (Wildman–Crippen LogP) is 4.23. The van der Waals surface area contributed by atoms with Gasteiger partial charge in [-0.15, -0.1) is 11.3 Å². The van der Waals surface area contributed by atoms with Crippen LogP contribution in [0.2, 0.25) is 0 Å². The zero-order chi connectivity index (χ0) is 17.5. The molecule has 3 aromatic rings. The van der Waals surface area contributed by atoms with Crippen LogP contribution in [0.4, 0.5) is 0 Å². The fourth-order valence-electron chi connectivity index (χ4n) is 2.31. The average molecular weight is 353 g/mol. The molecule has 0 bridgehead atoms. The molecule has 0 aliphatic carbocycles. The molecule has 0 atom stereocenters. The highest BCUT2D eigenvalue weighted by atomic mass is 32.1. The van der Waals surface area contributed by atoms with Crippen molar-refractivity contribution >= 4 is 17.2 Å². The lowest BCUT2D eigenvalue weighted by molar-refractivity contribution is 0.0951. The molecule has 0 unspecified atom stereocenters. The number of amides is 1. The summed E-state index contributed by atoms with van der Waals surface area (Å²) in [5.41, 5.74) is 1.07. The Kier molecular flexibility index (Phi) is 5.69. The van der Waals surface area contributed by atoms with Crippen molar-refractivity contribution < 1.29 is 14.3 Å². The second-order valence-corrected chi connectivity index (χ2v) is 6.39. The van der Waals surface area contributed by atoms with Crippen molar-refractivity contribution in [2.24, 2.45) is 0 Å². The molecule has 0 spiro atoms. The van der Waals surface area contributed by atoms with Gasteiger partial charge >= 0.3 is 0 Å². The maximum atomic E-state index is 12.2. The van der Waals surface area contributed by atoms with E-state index in [1.54, 1.807) is 7.11 Å². The van der Waals surface area contributed by atoms with Gasteiger partial charge in [0.1, 0.15) is 18.1 Å². The van der Waals surface area contributed by atoms with Crippen LogP contribution in [0, 0.1) is 0 Å². The summed E-state index contributed by atoms with van der Waals surface area (Å²) >= 11 is 1.47. The first kappa shape index (κ1) is 17.0. The van der Waals surface area contributed by atoms with Gasteiger partial charge in [-0.25, -0.2) is 0 Å². The van der Waals surface area contributed by atoms with Crippen molar-refractivity contribution in [2.75, 3.05) is 20.3 Å². The number of hydrogen-bond donors (Lipinski definition) is 1. The fourth-order valence-corrected chi connectivity index (χ4v) is 3.24. The number of nitrogens with one attached hydrogen (secondary N) is 1. The number of ether oxygens (including phenoxy) is 2. The van der Waals surface area contributed by atoms with E-state index in [0.717, 1.165) is 21.9 Å². The molecule has 1 heterocycles.